The third-order valence-corrected chi connectivity index (χ3v) is 9.82. The lowest BCUT2D eigenvalue weighted by molar-refractivity contribution is -0.126. The van der Waals surface area contributed by atoms with E-state index in [1.807, 2.05) is 24.3 Å². The van der Waals surface area contributed by atoms with E-state index >= 15 is 0 Å². The zero-order chi connectivity index (χ0) is 28.8. The molecule has 0 bridgehead atoms. The summed E-state index contributed by atoms with van der Waals surface area (Å²) in [7, 11) is -4.10. The summed E-state index contributed by atoms with van der Waals surface area (Å²) < 4.78 is 31.7. The molecule has 9 nitrogen and oxygen atoms in total. The van der Waals surface area contributed by atoms with Gasteiger partial charge in [-0.2, -0.15) is 4.31 Å². The van der Waals surface area contributed by atoms with E-state index in [4.69, 9.17) is 23.2 Å². The van der Waals surface area contributed by atoms with Crippen LogP contribution in [-0.2, 0) is 31.6 Å². The van der Waals surface area contributed by atoms with Crippen LogP contribution in [0, 0.1) is 11.8 Å². The predicted molar refractivity (Wildman–Crippen MR) is 156 cm³/mol. The molecule has 2 aliphatic heterocycles. The first-order valence-corrected chi connectivity index (χ1v) is 15.3. The number of piperazine rings is 1. The molecule has 2 amide bonds. The molecular formula is C27H24BrCl2N5O4S. The van der Waals surface area contributed by atoms with Crippen LogP contribution in [0.15, 0.2) is 58.2 Å². The largest absolute Gasteiger partial charge is 0.329 e. The van der Waals surface area contributed by atoms with E-state index in [1.54, 1.807) is 32.0 Å². The maximum atomic E-state index is 14.2. The minimum atomic E-state index is -4.10. The second-order valence-corrected chi connectivity index (χ2v) is 13.3. The molecule has 208 valence electrons. The number of nitrogens with zero attached hydrogens (tertiary/aromatic N) is 5. The van der Waals surface area contributed by atoms with Gasteiger partial charge in [-0.25, -0.2) is 18.3 Å². The summed E-state index contributed by atoms with van der Waals surface area (Å²) in [5, 5.41) is 0.533. The molecule has 0 saturated carbocycles. The number of halogens is 3. The lowest BCUT2D eigenvalue weighted by Gasteiger charge is -2.34. The summed E-state index contributed by atoms with van der Waals surface area (Å²) in [6, 6.07) is 12.2. The maximum Gasteiger partial charge on any atom is 0.298 e. The Morgan fingerprint density at radius 1 is 1.07 bits per heavy atom. The summed E-state index contributed by atoms with van der Waals surface area (Å²) in [6.07, 6.45) is 1.48. The van der Waals surface area contributed by atoms with Crippen molar-refractivity contribution >= 4 is 72.6 Å². The molecule has 1 fully saturated rings. The van der Waals surface area contributed by atoms with Gasteiger partial charge in [-0.3, -0.25) is 14.2 Å². The van der Waals surface area contributed by atoms with Crippen LogP contribution in [0.3, 0.4) is 0 Å². The highest BCUT2D eigenvalue weighted by Gasteiger charge is 2.52. The number of carbonyl (C=O) groups is 2. The third kappa shape index (κ3) is 5.03. The number of imidazole rings is 1. The highest BCUT2D eigenvalue weighted by atomic mass is 79.9. The van der Waals surface area contributed by atoms with Crippen molar-refractivity contribution in [2.75, 3.05) is 31.1 Å². The Bertz CT molecular complexity index is 1650. The van der Waals surface area contributed by atoms with Gasteiger partial charge in [0.1, 0.15) is 5.54 Å². The predicted octanol–water partition coefficient (Wildman–Crippen LogP) is 4.44. The van der Waals surface area contributed by atoms with E-state index < -0.39 is 15.6 Å². The molecule has 0 aliphatic carbocycles. The van der Waals surface area contributed by atoms with Crippen LogP contribution in [0.4, 0.5) is 11.6 Å². The average molecular weight is 665 g/mol. The molecule has 3 heterocycles. The number of rotatable bonds is 5. The zero-order valence-corrected chi connectivity index (χ0v) is 25.5. The highest BCUT2D eigenvalue weighted by molar-refractivity contribution is 9.10. The Balaban J connectivity index is 1.58. The molecule has 1 saturated heterocycles. The van der Waals surface area contributed by atoms with Crippen molar-refractivity contribution in [2.45, 2.75) is 30.8 Å². The number of anilines is 2. The Morgan fingerprint density at radius 3 is 2.30 bits per heavy atom. The summed E-state index contributed by atoms with van der Waals surface area (Å²) in [5.74, 6) is 4.50. The SMILES string of the molecule is CC#CC(=O)N1CCN(S(=O)(=O)c2cnc3n2[C@](C)(Cc2ccc(Br)cc2)C(=O)N3c2cc(Cl)cc(Cl)c2)CC1. The van der Waals surface area contributed by atoms with E-state index in [9.17, 15) is 18.0 Å². The number of aromatic nitrogens is 2. The first-order valence-electron chi connectivity index (χ1n) is 12.3. The second-order valence-electron chi connectivity index (χ2n) is 9.65. The lowest BCUT2D eigenvalue weighted by Crippen LogP contribution is -2.51. The molecule has 3 aromatic rings. The molecule has 40 heavy (non-hydrogen) atoms. The summed E-state index contributed by atoms with van der Waals surface area (Å²) in [5.41, 5.74) is -0.134. The normalized spacial score (nSPS) is 19.4. The minimum Gasteiger partial charge on any atom is -0.329 e. The number of hydrogen-bond donors (Lipinski definition) is 0. The summed E-state index contributed by atoms with van der Waals surface area (Å²) in [6.45, 7) is 3.86. The molecule has 1 atom stereocenters. The number of sulfonamides is 1. The Labute approximate surface area is 250 Å². The van der Waals surface area contributed by atoms with Gasteiger partial charge in [0.05, 0.1) is 11.9 Å². The van der Waals surface area contributed by atoms with Crippen LogP contribution < -0.4 is 4.90 Å². The van der Waals surface area contributed by atoms with E-state index in [2.05, 4.69) is 32.8 Å². The number of hydrogen-bond acceptors (Lipinski definition) is 5. The molecule has 5 rings (SSSR count). The van der Waals surface area contributed by atoms with Gasteiger partial charge in [0, 0.05) is 47.1 Å². The van der Waals surface area contributed by atoms with Gasteiger partial charge in [-0.15, -0.1) is 0 Å². The van der Waals surface area contributed by atoms with E-state index in [0.717, 1.165) is 10.0 Å². The van der Waals surface area contributed by atoms with Crippen LogP contribution in [0.2, 0.25) is 10.0 Å². The van der Waals surface area contributed by atoms with Gasteiger partial charge in [0.25, 0.3) is 21.8 Å². The maximum absolute atomic E-state index is 14.2. The smallest absolute Gasteiger partial charge is 0.298 e. The van der Waals surface area contributed by atoms with Gasteiger partial charge < -0.3 is 4.90 Å². The fourth-order valence-corrected chi connectivity index (χ4v) is 7.45. The number of fused-ring (bicyclic) bond motifs is 1. The van der Waals surface area contributed by atoms with Gasteiger partial charge in [0.15, 0.2) is 5.03 Å². The summed E-state index contributed by atoms with van der Waals surface area (Å²) >= 11 is 15.9. The zero-order valence-electron chi connectivity index (χ0n) is 21.6. The van der Waals surface area contributed by atoms with Gasteiger partial charge in [-0.05, 0) is 55.7 Å². The van der Waals surface area contributed by atoms with Crippen molar-refractivity contribution in [3.8, 4) is 11.8 Å². The van der Waals surface area contributed by atoms with Crippen molar-refractivity contribution in [2.24, 2.45) is 0 Å². The molecule has 0 unspecified atom stereocenters. The molecule has 2 aromatic carbocycles. The van der Waals surface area contributed by atoms with Gasteiger partial charge in [0.2, 0.25) is 5.95 Å². The molecule has 0 spiro atoms. The van der Waals surface area contributed by atoms with Crippen molar-refractivity contribution < 1.29 is 18.0 Å². The second kappa shape index (κ2) is 10.8. The van der Waals surface area contributed by atoms with Crippen LogP contribution >= 0.6 is 39.1 Å². The molecule has 2 aliphatic rings. The molecule has 0 radical (unpaired) electrons. The van der Waals surface area contributed by atoms with Crippen LogP contribution in [-0.4, -0.2) is 65.2 Å². The molecular weight excluding hydrogens is 641 g/mol. The average Bonchev–Trinajstić information content (AvgIpc) is 3.43. The van der Waals surface area contributed by atoms with E-state index in [-0.39, 0.29) is 55.4 Å². The molecule has 0 N–H and O–H groups in total. The quantitative estimate of drug-likeness (QED) is 0.376. The van der Waals surface area contributed by atoms with Crippen molar-refractivity contribution in [1.82, 2.24) is 18.8 Å². The van der Waals surface area contributed by atoms with Crippen LogP contribution in [0.5, 0.6) is 0 Å². The number of amides is 2. The molecule has 13 heteroatoms. The first kappa shape index (κ1) is 28.6. The van der Waals surface area contributed by atoms with Crippen LogP contribution in [0.1, 0.15) is 19.4 Å². The van der Waals surface area contributed by atoms with Crippen LogP contribution in [0.25, 0.3) is 0 Å². The fraction of sp³-hybridized carbons (Fsp3) is 0.296. The first-order chi connectivity index (χ1) is 19.0. The fourth-order valence-electron chi connectivity index (χ4n) is 5.06. The van der Waals surface area contributed by atoms with Gasteiger partial charge >= 0.3 is 0 Å². The lowest BCUT2D eigenvalue weighted by atomic mass is 9.92. The van der Waals surface area contributed by atoms with Crippen molar-refractivity contribution in [3.05, 3.63) is 68.7 Å². The summed E-state index contributed by atoms with van der Waals surface area (Å²) in [4.78, 5) is 33.7. The van der Waals surface area contributed by atoms with E-state index in [0.29, 0.717) is 15.7 Å². The monoisotopic (exact) mass is 663 g/mol. The Kier molecular flexibility index (Phi) is 7.76. The van der Waals surface area contributed by atoms with Gasteiger partial charge in [-0.1, -0.05) is 57.2 Å². The Hall–Kier alpha value is -2.88. The third-order valence-electron chi connectivity index (χ3n) is 7.00. The number of carbonyl (C=O) groups excluding carboxylic acids is 2. The van der Waals surface area contributed by atoms with Crippen molar-refractivity contribution in [3.63, 3.8) is 0 Å². The Morgan fingerprint density at radius 2 is 1.70 bits per heavy atom. The molecule has 1 aromatic heterocycles. The standard InChI is InChI=1S/C27H24BrCl2N5O4S/c1-3-4-23(36)32-9-11-33(12-10-32)40(38,39)24-17-31-26-34(22-14-20(29)13-21(30)15-22)25(37)27(2,35(24)26)16-18-5-7-19(28)8-6-18/h5-8,13-15,17H,9-12,16H2,1-2H3/t27-/m1/s1. The topological polar surface area (TPSA) is 95.8 Å². The highest BCUT2D eigenvalue weighted by Crippen LogP contribution is 2.45. The number of benzene rings is 2. The van der Waals surface area contributed by atoms with Crippen molar-refractivity contribution in [1.29, 1.82) is 0 Å². The van der Waals surface area contributed by atoms with E-state index in [1.165, 1.54) is 24.9 Å². The minimum absolute atomic E-state index is 0.0883.